The SMILES string of the molecule is CC(NC(=O)CSc1nc2ccccc2s1)c1nn[nH]n1. The zero-order chi connectivity index (χ0) is 14.7. The van der Waals surface area contributed by atoms with Crippen molar-refractivity contribution in [3.05, 3.63) is 30.1 Å². The zero-order valence-corrected chi connectivity index (χ0v) is 12.7. The lowest BCUT2D eigenvalue weighted by molar-refractivity contribution is -0.119. The maximum atomic E-state index is 11.9. The van der Waals surface area contributed by atoms with Crippen molar-refractivity contribution in [3.8, 4) is 0 Å². The highest BCUT2D eigenvalue weighted by Crippen LogP contribution is 2.29. The van der Waals surface area contributed by atoms with Gasteiger partial charge in [-0.05, 0) is 19.1 Å². The van der Waals surface area contributed by atoms with Gasteiger partial charge in [0.15, 0.2) is 10.2 Å². The number of benzene rings is 1. The predicted molar refractivity (Wildman–Crippen MR) is 81.1 cm³/mol. The van der Waals surface area contributed by atoms with Crippen molar-refractivity contribution in [2.45, 2.75) is 17.3 Å². The number of aromatic amines is 1. The Morgan fingerprint density at radius 3 is 3.10 bits per heavy atom. The van der Waals surface area contributed by atoms with Crippen molar-refractivity contribution >= 4 is 39.2 Å². The van der Waals surface area contributed by atoms with Crippen molar-refractivity contribution in [1.29, 1.82) is 0 Å². The number of carbonyl (C=O) groups is 1. The topological polar surface area (TPSA) is 96.5 Å². The highest BCUT2D eigenvalue weighted by atomic mass is 32.2. The van der Waals surface area contributed by atoms with Gasteiger partial charge in [0.1, 0.15) is 0 Å². The second kappa shape index (κ2) is 6.19. The van der Waals surface area contributed by atoms with Gasteiger partial charge in [-0.15, -0.1) is 21.5 Å². The van der Waals surface area contributed by atoms with Crippen LogP contribution in [0.4, 0.5) is 0 Å². The third-order valence-corrected chi connectivity index (χ3v) is 4.91. The van der Waals surface area contributed by atoms with E-state index in [0.717, 1.165) is 14.6 Å². The minimum atomic E-state index is -0.271. The molecule has 0 radical (unpaired) electrons. The van der Waals surface area contributed by atoms with Crippen molar-refractivity contribution < 1.29 is 4.79 Å². The molecule has 1 atom stereocenters. The number of rotatable bonds is 5. The van der Waals surface area contributed by atoms with E-state index >= 15 is 0 Å². The van der Waals surface area contributed by atoms with Crippen LogP contribution < -0.4 is 5.32 Å². The number of H-pyrrole nitrogens is 1. The first kappa shape index (κ1) is 14.0. The van der Waals surface area contributed by atoms with Crippen LogP contribution in [0.3, 0.4) is 0 Å². The number of carbonyl (C=O) groups excluding carboxylic acids is 1. The third kappa shape index (κ3) is 3.37. The lowest BCUT2D eigenvalue weighted by Crippen LogP contribution is -2.28. The van der Waals surface area contributed by atoms with Crippen LogP contribution in [-0.2, 0) is 4.79 Å². The number of fused-ring (bicyclic) bond motifs is 1. The molecule has 0 spiro atoms. The number of amides is 1. The Labute approximate surface area is 128 Å². The largest absolute Gasteiger partial charge is 0.345 e. The van der Waals surface area contributed by atoms with E-state index in [4.69, 9.17) is 0 Å². The summed E-state index contributed by atoms with van der Waals surface area (Å²) in [5, 5.41) is 16.3. The molecule has 0 bridgehead atoms. The first-order chi connectivity index (χ1) is 10.2. The Hall–Kier alpha value is -2.00. The minimum absolute atomic E-state index is 0.0865. The van der Waals surface area contributed by atoms with Crippen LogP contribution in [-0.4, -0.2) is 37.3 Å². The Kier molecular flexibility index (Phi) is 4.11. The Bertz CT molecular complexity index is 708. The van der Waals surface area contributed by atoms with E-state index in [1.165, 1.54) is 11.8 Å². The quantitative estimate of drug-likeness (QED) is 0.696. The summed E-state index contributed by atoms with van der Waals surface area (Å²) in [6, 6.07) is 7.65. The van der Waals surface area contributed by atoms with Gasteiger partial charge in [0.05, 0.1) is 22.0 Å². The first-order valence-electron chi connectivity index (χ1n) is 6.23. The second-order valence-corrected chi connectivity index (χ2v) is 6.55. The molecule has 2 N–H and O–H groups in total. The van der Waals surface area contributed by atoms with Gasteiger partial charge in [-0.1, -0.05) is 29.1 Å². The summed E-state index contributed by atoms with van der Waals surface area (Å²) in [6.45, 7) is 1.81. The van der Waals surface area contributed by atoms with Gasteiger partial charge >= 0.3 is 0 Å². The number of nitrogens with one attached hydrogen (secondary N) is 2. The van der Waals surface area contributed by atoms with Crippen LogP contribution in [0.5, 0.6) is 0 Å². The summed E-state index contributed by atoms with van der Waals surface area (Å²) < 4.78 is 2.01. The summed E-state index contributed by atoms with van der Waals surface area (Å²) in [5.74, 6) is 0.687. The van der Waals surface area contributed by atoms with Crippen LogP contribution in [0.2, 0.25) is 0 Å². The average Bonchev–Trinajstić information content (AvgIpc) is 3.14. The second-order valence-electron chi connectivity index (χ2n) is 4.30. The van der Waals surface area contributed by atoms with E-state index in [1.807, 2.05) is 31.2 Å². The Morgan fingerprint density at radius 2 is 2.33 bits per heavy atom. The highest BCUT2D eigenvalue weighted by Gasteiger charge is 2.14. The maximum Gasteiger partial charge on any atom is 0.231 e. The molecule has 1 amide bonds. The van der Waals surface area contributed by atoms with Crippen molar-refractivity contribution in [3.63, 3.8) is 0 Å². The highest BCUT2D eigenvalue weighted by molar-refractivity contribution is 8.01. The summed E-state index contributed by atoms with van der Waals surface area (Å²) in [4.78, 5) is 16.4. The molecule has 3 rings (SSSR count). The number of para-hydroxylation sites is 1. The van der Waals surface area contributed by atoms with E-state index in [9.17, 15) is 4.79 Å². The molecule has 108 valence electrons. The monoisotopic (exact) mass is 320 g/mol. The first-order valence-corrected chi connectivity index (χ1v) is 8.03. The molecule has 21 heavy (non-hydrogen) atoms. The molecule has 0 saturated heterocycles. The normalized spacial score (nSPS) is 12.4. The molecule has 0 saturated carbocycles. The van der Waals surface area contributed by atoms with Gasteiger partial charge in [-0.25, -0.2) is 4.98 Å². The van der Waals surface area contributed by atoms with Gasteiger partial charge in [-0.3, -0.25) is 4.79 Å². The summed E-state index contributed by atoms with van der Waals surface area (Å²) >= 11 is 3.01. The smallest absolute Gasteiger partial charge is 0.231 e. The molecule has 2 aromatic heterocycles. The van der Waals surface area contributed by atoms with E-state index in [-0.39, 0.29) is 11.9 Å². The van der Waals surface area contributed by atoms with E-state index < -0.39 is 0 Å². The number of tetrazole rings is 1. The van der Waals surface area contributed by atoms with Crippen LogP contribution >= 0.6 is 23.1 Å². The van der Waals surface area contributed by atoms with Crippen molar-refractivity contribution in [2.75, 3.05) is 5.75 Å². The lowest BCUT2D eigenvalue weighted by atomic mass is 10.3. The number of hydrogen-bond donors (Lipinski definition) is 2. The molecular formula is C12H12N6OS2. The van der Waals surface area contributed by atoms with Crippen LogP contribution in [0, 0.1) is 0 Å². The van der Waals surface area contributed by atoms with E-state index in [0.29, 0.717) is 11.6 Å². The van der Waals surface area contributed by atoms with E-state index in [2.05, 4.69) is 30.9 Å². The molecule has 0 fully saturated rings. The fourth-order valence-electron chi connectivity index (χ4n) is 1.74. The third-order valence-electron chi connectivity index (χ3n) is 2.73. The fraction of sp³-hybridized carbons (Fsp3) is 0.250. The van der Waals surface area contributed by atoms with Crippen LogP contribution in [0.15, 0.2) is 28.6 Å². The van der Waals surface area contributed by atoms with Gasteiger partial charge in [-0.2, -0.15) is 5.21 Å². The number of hydrogen-bond acceptors (Lipinski definition) is 7. The summed E-state index contributed by atoms with van der Waals surface area (Å²) in [5.41, 5.74) is 0.963. The van der Waals surface area contributed by atoms with Gasteiger partial charge < -0.3 is 5.32 Å². The van der Waals surface area contributed by atoms with Crippen LogP contribution in [0.25, 0.3) is 10.2 Å². The average molecular weight is 320 g/mol. The van der Waals surface area contributed by atoms with Gasteiger partial charge in [0, 0.05) is 0 Å². The molecule has 0 aliphatic heterocycles. The fourth-order valence-corrected chi connectivity index (χ4v) is 3.62. The zero-order valence-electron chi connectivity index (χ0n) is 11.1. The summed E-state index contributed by atoms with van der Waals surface area (Å²) in [6.07, 6.45) is 0. The predicted octanol–water partition coefficient (Wildman–Crippen LogP) is 1.78. The van der Waals surface area contributed by atoms with E-state index in [1.54, 1.807) is 11.3 Å². The molecule has 7 nitrogen and oxygen atoms in total. The number of thioether (sulfide) groups is 1. The minimum Gasteiger partial charge on any atom is -0.345 e. The standard InChI is InChI=1S/C12H12N6OS2/c1-7(11-15-17-18-16-11)13-10(19)6-20-12-14-8-4-2-3-5-9(8)21-12/h2-5,7H,6H2,1H3,(H,13,19)(H,15,16,17,18). The van der Waals surface area contributed by atoms with Crippen molar-refractivity contribution in [2.24, 2.45) is 0 Å². The van der Waals surface area contributed by atoms with Crippen LogP contribution in [0.1, 0.15) is 18.8 Å². The number of nitrogens with zero attached hydrogens (tertiary/aromatic N) is 4. The summed E-state index contributed by atoms with van der Waals surface area (Å²) in [7, 11) is 0. The molecule has 1 aromatic carbocycles. The van der Waals surface area contributed by atoms with Gasteiger partial charge in [0.25, 0.3) is 0 Å². The molecule has 3 aromatic rings. The number of thiazole rings is 1. The molecule has 9 heteroatoms. The number of aromatic nitrogens is 5. The lowest BCUT2D eigenvalue weighted by Gasteiger charge is -2.08. The van der Waals surface area contributed by atoms with Gasteiger partial charge in [0.2, 0.25) is 5.91 Å². The molecule has 0 aliphatic carbocycles. The Balaban J connectivity index is 1.56. The maximum absolute atomic E-state index is 11.9. The molecular weight excluding hydrogens is 308 g/mol. The molecule has 2 heterocycles. The Morgan fingerprint density at radius 1 is 1.48 bits per heavy atom. The molecule has 0 aliphatic rings. The van der Waals surface area contributed by atoms with Crippen molar-refractivity contribution in [1.82, 2.24) is 30.9 Å². The molecule has 1 unspecified atom stereocenters.